The zero-order chi connectivity index (χ0) is 23.6. The summed E-state index contributed by atoms with van der Waals surface area (Å²) in [5.41, 5.74) is 2.48. The first kappa shape index (κ1) is 23.0. The Balaban J connectivity index is 1.50. The number of nitrogens with zero attached hydrogens (tertiary/aromatic N) is 1. The lowest BCUT2D eigenvalue weighted by Gasteiger charge is -2.14. The third-order valence-electron chi connectivity index (χ3n) is 4.79. The summed E-state index contributed by atoms with van der Waals surface area (Å²) in [6.45, 7) is 1.95. The van der Waals surface area contributed by atoms with Crippen molar-refractivity contribution >= 4 is 56.1 Å². The lowest BCUT2D eigenvalue weighted by molar-refractivity contribution is -0.113. The third kappa shape index (κ3) is 5.11. The Morgan fingerprint density at radius 1 is 0.970 bits per heavy atom. The number of ether oxygens (including phenoxy) is 1. The summed E-state index contributed by atoms with van der Waals surface area (Å²) in [6.07, 6.45) is 1.72. The van der Waals surface area contributed by atoms with E-state index in [0.29, 0.717) is 20.5 Å². The van der Waals surface area contributed by atoms with Crippen LogP contribution in [0.1, 0.15) is 11.1 Å². The minimum atomic E-state index is -3.98. The number of aryl methyl sites for hydroxylation is 1. The number of anilines is 1. The van der Waals surface area contributed by atoms with Gasteiger partial charge in [0.25, 0.3) is 5.91 Å². The number of thiocarbonyl (C=S) groups is 1. The van der Waals surface area contributed by atoms with Crippen molar-refractivity contribution in [3.8, 4) is 11.5 Å². The zero-order valence-corrected chi connectivity index (χ0v) is 20.2. The highest BCUT2D eigenvalue weighted by molar-refractivity contribution is 8.27. The van der Waals surface area contributed by atoms with Gasteiger partial charge in [-0.1, -0.05) is 48.2 Å². The Morgan fingerprint density at radius 3 is 2.27 bits per heavy atom. The summed E-state index contributed by atoms with van der Waals surface area (Å²) in [5, 5.41) is 0. The molecule has 6 nitrogen and oxygen atoms in total. The normalized spacial score (nSPS) is 15.2. The summed E-state index contributed by atoms with van der Waals surface area (Å²) in [7, 11) is -2.48. The van der Waals surface area contributed by atoms with Crippen molar-refractivity contribution in [1.29, 1.82) is 0 Å². The molecule has 0 N–H and O–H groups in total. The van der Waals surface area contributed by atoms with Gasteiger partial charge < -0.3 is 8.92 Å². The lowest BCUT2D eigenvalue weighted by Crippen LogP contribution is -2.27. The summed E-state index contributed by atoms with van der Waals surface area (Å²) < 4.78 is 35.7. The maximum Gasteiger partial charge on any atom is 0.339 e. The van der Waals surface area contributed by atoms with Gasteiger partial charge in [-0.25, -0.2) is 0 Å². The fourth-order valence-electron chi connectivity index (χ4n) is 3.15. The van der Waals surface area contributed by atoms with Crippen LogP contribution in [0.2, 0.25) is 0 Å². The molecule has 0 bridgehead atoms. The first-order valence-electron chi connectivity index (χ1n) is 9.80. The largest absolute Gasteiger partial charge is 0.497 e. The van der Waals surface area contributed by atoms with E-state index in [2.05, 4.69) is 0 Å². The Labute approximate surface area is 202 Å². The molecule has 1 amide bonds. The number of benzene rings is 3. The molecule has 1 saturated heterocycles. The van der Waals surface area contributed by atoms with Gasteiger partial charge in [-0.3, -0.25) is 9.69 Å². The molecule has 3 aromatic rings. The van der Waals surface area contributed by atoms with Crippen LogP contribution in [0, 0.1) is 6.92 Å². The zero-order valence-electron chi connectivity index (χ0n) is 17.7. The molecular formula is C24H19NO5S3. The predicted molar refractivity (Wildman–Crippen MR) is 134 cm³/mol. The molecule has 1 heterocycles. The molecular weight excluding hydrogens is 478 g/mol. The Bertz CT molecular complexity index is 1350. The number of rotatable bonds is 6. The third-order valence-corrected chi connectivity index (χ3v) is 7.35. The average Bonchev–Trinajstić information content (AvgIpc) is 3.07. The molecule has 0 atom stereocenters. The number of hydrogen-bond acceptors (Lipinski definition) is 7. The molecule has 33 heavy (non-hydrogen) atoms. The molecule has 1 aliphatic heterocycles. The smallest absolute Gasteiger partial charge is 0.339 e. The highest BCUT2D eigenvalue weighted by atomic mass is 32.2. The predicted octanol–water partition coefficient (Wildman–Crippen LogP) is 5.18. The molecule has 1 fully saturated rings. The fourth-order valence-corrected chi connectivity index (χ4v) is 5.37. The van der Waals surface area contributed by atoms with E-state index in [9.17, 15) is 13.2 Å². The quantitative estimate of drug-likeness (QED) is 0.264. The molecule has 0 saturated carbocycles. The van der Waals surface area contributed by atoms with Crippen molar-refractivity contribution in [2.24, 2.45) is 0 Å². The van der Waals surface area contributed by atoms with E-state index in [1.54, 1.807) is 30.3 Å². The number of amides is 1. The van der Waals surface area contributed by atoms with Crippen molar-refractivity contribution in [2.75, 3.05) is 12.0 Å². The molecule has 4 rings (SSSR count). The summed E-state index contributed by atoms with van der Waals surface area (Å²) in [5.74, 6) is 0.513. The van der Waals surface area contributed by atoms with Crippen LogP contribution in [0.15, 0.2) is 82.6 Å². The second kappa shape index (κ2) is 9.38. The molecule has 0 radical (unpaired) electrons. The molecule has 3 aromatic carbocycles. The molecule has 0 aliphatic carbocycles. The number of hydrogen-bond donors (Lipinski definition) is 0. The standard InChI is InChI=1S/C24H19NO5S3/c1-16-4-3-5-18(14-16)25-23(26)22(32-24(25)31)15-17-6-8-20(9-7-17)30-33(27,28)21-12-10-19(29-2)11-13-21/h3-15H,1-2H3/b22-15-. The van der Waals surface area contributed by atoms with Crippen LogP contribution in [0.5, 0.6) is 11.5 Å². The Hall–Kier alpha value is -3.14. The van der Waals surface area contributed by atoms with Gasteiger partial charge in [0.15, 0.2) is 4.32 Å². The number of thioether (sulfide) groups is 1. The van der Waals surface area contributed by atoms with E-state index in [1.165, 1.54) is 48.0 Å². The Kier molecular flexibility index (Phi) is 6.55. The van der Waals surface area contributed by atoms with Crippen LogP contribution in [0.4, 0.5) is 5.69 Å². The van der Waals surface area contributed by atoms with Crippen LogP contribution in [-0.2, 0) is 14.9 Å². The molecule has 0 aromatic heterocycles. The van der Waals surface area contributed by atoms with Gasteiger partial charge in [0.1, 0.15) is 16.4 Å². The van der Waals surface area contributed by atoms with Gasteiger partial charge >= 0.3 is 10.1 Å². The van der Waals surface area contributed by atoms with E-state index in [4.69, 9.17) is 21.1 Å². The molecule has 1 aliphatic rings. The van der Waals surface area contributed by atoms with Gasteiger partial charge in [-0.15, -0.1) is 0 Å². The van der Waals surface area contributed by atoms with Crippen LogP contribution in [0.25, 0.3) is 6.08 Å². The summed E-state index contributed by atoms with van der Waals surface area (Å²) >= 11 is 6.63. The average molecular weight is 498 g/mol. The monoisotopic (exact) mass is 497 g/mol. The second-order valence-electron chi connectivity index (χ2n) is 7.14. The van der Waals surface area contributed by atoms with Crippen molar-refractivity contribution in [2.45, 2.75) is 11.8 Å². The summed E-state index contributed by atoms with van der Waals surface area (Å²) in [6, 6.07) is 19.9. The second-order valence-corrected chi connectivity index (χ2v) is 10.4. The molecule has 0 spiro atoms. The lowest BCUT2D eigenvalue weighted by atomic mass is 10.2. The van der Waals surface area contributed by atoms with Gasteiger partial charge in [0.2, 0.25) is 0 Å². The fraction of sp³-hybridized carbons (Fsp3) is 0.0833. The van der Waals surface area contributed by atoms with Crippen LogP contribution < -0.4 is 13.8 Å². The van der Waals surface area contributed by atoms with Gasteiger partial charge in [0.05, 0.1) is 17.7 Å². The van der Waals surface area contributed by atoms with Crippen molar-refractivity contribution in [3.63, 3.8) is 0 Å². The molecule has 168 valence electrons. The van der Waals surface area contributed by atoms with Gasteiger partial charge in [0, 0.05) is 0 Å². The molecule has 0 unspecified atom stereocenters. The Morgan fingerprint density at radius 2 is 1.64 bits per heavy atom. The van der Waals surface area contributed by atoms with E-state index in [1.807, 2.05) is 31.2 Å². The van der Waals surface area contributed by atoms with Crippen molar-refractivity contribution < 1.29 is 22.1 Å². The SMILES string of the molecule is COc1ccc(S(=O)(=O)Oc2ccc(/C=C3\SC(=S)N(c4cccc(C)c4)C3=O)cc2)cc1. The van der Waals surface area contributed by atoms with E-state index >= 15 is 0 Å². The first-order chi connectivity index (χ1) is 15.8. The van der Waals surface area contributed by atoms with Gasteiger partial charge in [-0.2, -0.15) is 8.42 Å². The van der Waals surface area contributed by atoms with E-state index in [0.717, 1.165) is 11.3 Å². The number of carbonyl (C=O) groups excluding carboxylic acids is 1. The van der Waals surface area contributed by atoms with Gasteiger partial charge in [-0.05, 0) is 72.7 Å². The van der Waals surface area contributed by atoms with Crippen molar-refractivity contribution in [3.05, 3.63) is 88.8 Å². The number of methoxy groups -OCH3 is 1. The van der Waals surface area contributed by atoms with Crippen molar-refractivity contribution in [1.82, 2.24) is 0 Å². The van der Waals surface area contributed by atoms with Crippen LogP contribution in [-0.4, -0.2) is 25.8 Å². The highest BCUT2D eigenvalue weighted by Gasteiger charge is 2.33. The van der Waals surface area contributed by atoms with Crippen LogP contribution >= 0.6 is 24.0 Å². The number of carbonyl (C=O) groups is 1. The summed E-state index contributed by atoms with van der Waals surface area (Å²) in [4.78, 5) is 14.9. The van der Waals surface area contributed by atoms with E-state index in [-0.39, 0.29) is 16.6 Å². The maximum absolute atomic E-state index is 12.9. The minimum Gasteiger partial charge on any atom is -0.497 e. The topological polar surface area (TPSA) is 72.9 Å². The van der Waals surface area contributed by atoms with E-state index < -0.39 is 10.1 Å². The van der Waals surface area contributed by atoms with Crippen LogP contribution in [0.3, 0.4) is 0 Å². The molecule has 9 heteroatoms. The highest BCUT2D eigenvalue weighted by Crippen LogP contribution is 2.36. The first-order valence-corrected chi connectivity index (χ1v) is 12.4. The maximum atomic E-state index is 12.9. The minimum absolute atomic E-state index is 0.0206.